The highest BCUT2D eigenvalue weighted by Crippen LogP contribution is 2.10. The van der Waals surface area contributed by atoms with Crippen LogP contribution in [0.2, 0.25) is 0 Å². The van der Waals surface area contributed by atoms with Crippen LogP contribution in [0.4, 0.5) is 4.39 Å². The maximum Gasteiger partial charge on any atom is 0.141 e. The summed E-state index contributed by atoms with van der Waals surface area (Å²) in [5.74, 6) is 0.327. The largest absolute Gasteiger partial charge is 0.306 e. The van der Waals surface area contributed by atoms with Crippen LogP contribution in [0.5, 0.6) is 0 Å². The van der Waals surface area contributed by atoms with Crippen LogP contribution in [0.3, 0.4) is 0 Å². The van der Waals surface area contributed by atoms with Gasteiger partial charge in [0.2, 0.25) is 0 Å². The summed E-state index contributed by atoms with van der Waals surface area (Å²) < 4.78 is 14.7. The van der Waals surface area contributed by atoms with Crippen molar-refractivity contribution in [1.82, 2.24) is 19.9 Å². The normalized spacial score (nSPS) is 11.8. The van der Waals surface area contributed by atoms with Gasteiger partial charge >= 0.3 is 0 Å². The highest BCUT2D eigenvalue weighted by Gasteiger charge is 2.11. The second kappa shape index (κ2) is 4.86. The number of pyridine rings is 1. The molecule has 0 aromatic carbocycles. The first-order valence-corrected chi connectivity index (χ1v) is 5.84. The van der Waals surface area contributed by atoms with Crippen molar-refractivity contribution in [2.45, 2.75) is 32.9 Å². The van der Waals surface area contributed by atoms with E-state index in [1.165, 1.54) is 12.3 Å². The quantitative estimate of drug-likeness (QED) is 0.906. The molecule has 0 amide bonds. The van der Waals surface area contributed by atoms with Gasteiger partial charge in [-0.05, 0) is 32.9 Å². The number of hydrogen-bond acceptors (Lipinski definition) is 3. The van der Waals surface area contributed by atoms with E-state index in [1.54, 1.807) is 18.6 Å². The Labute approximate surface area is 106 Å². The number of nitrogens with zero attached hydrogens (tertiary/aromatic N) is 3. The van der Waals surface area contributed by atoms with E-state index in [4.69, 9.17) is 0 Å². The lowest BCUT2D eigenvalue weighted by molar-refractivity contribution is 0.419. The standard InChI is InChI=1S/C13H17FN4/c1-13(2,3)17-8-11-7-15-9-18(11)12-5-4-10(14)6-16-12/h4-7,9,17H,8H2,1-3H3. The molecule has 0 fully saturated rings. The molecule has 5 heteroatoms. The lowest BCUT2D eigenvalue weighted by Crippen LogP contribution is -2.35. The molecule has 0 aliphatic heterocycles. The molecule has 4 nitrogen and oxygen atoms in total. The van der Waals surface area contributed by atoms with Crippen LogP contribution in [0.25, 0.3) is 5.82 Å². The third-order valence-corrected chi connectivity index (χ3v) is 2.47. The lowest BCUT2D eigenvalue weighted by Gasteiger charge is -2.20. The van der Waals surface area contributed by atoms with Gasteiger partial charge in [-0.1, -0.05) is 0 Å². The topological polar surface area (TPSA) is 42.7 Å². The molecule has 0 saturated heterocycles. The molecule has 2 heterocycles. The minimum absolute atomic E-state index is 0.0331. The van der Waals surface area contributed by atoms with Gasteiger partial charge in [-0.2, -0.15) is 0 Å². The van der Waals surface area contributed by atoms with Crippen LogP contribution in [0.1, 0.15) is 26.5 Å². The molecule has 0 atom stereocenters. The van der Waals surface area contributed by atoms with E-state index in [9.17, 15) is 4.39 Å². The predicted molar refractivity (Wildman–Crippen MR) is 67.9 cm³/mol. The average Bonchev–Trinajstić information content (AvgIpc) is 2.75. The van der Waals surface area contributed by atoms with Crippen LogP contribution in [0.15, 0.2) is 30.9 Å². The molecule has 18 heavy (non-hydrogen) atoms. The van der Waals surface area contributed by atoms with Gasteiger partial charge in [-0.25, -0.2) is 14.4 Å². The first-order valence-electron chi connectivity index (χ1n) is 5.84. The molecule has 2 aromatic rings. The molecule has 0 aliphatic rings. The van der Waals surface area contributed by atoms with Gasteiger partial charge in [0, 0.05) is 18.3 Å². The summed E-state index contributed by atoms with van der Waals surface area (Å²) in [7, 11) is 0. The summed E-state index contributed by atoms with van der Waals surface area (Å²) in [4.78, 5) is 8.16. The maximum atomic E-state index is 12.8. The average molecular weight is 248 g/mol. The van der Waals surface area contributed by atoms with Gasteiger partial charge in [0.15, 0.2) is 0 Å². The van der Waals surface area contributed by atoms with Crippen LogP contribution < -0.4 is 5.32 Å². The molecule has 2 rings (SSSR count). The van der Waals surface area contributed by atoms with E-state index >= 15 is 0 Å². The molecule has 0 bridgehead atoms. The van der Waals surface area contributed by atoms with Gasteiger partial charge in [0.05, 0.1) is 11.9 Å². The molecule has 0 unspecified atom stereocenters. The van der Waals surface area contributed by atoms with Crippen LogP contribution in [0, 0.1) is 5.82 Å². The first kappa shape index (κ1) is 12.7. The Kier molecular flexibility index (Phi) is 3.43. The van der Waals surface area contributed by atoms with Crippen LogP contribution in [-0.4, -0.2) is 20.1 Å². The fraction of sp³-hybridized carbons (Fsp3) is 0.385. The number of rotatable bonds is 3. The van der Waals surface area contributed by atoms with E-state index in [-0.39, 0.29) is 11.4 Å². The van der Waals surface area contributed by atoms with E-state index in [0.29, 0.717) is 12.4 Å². The summed E-state index contributed by atoms with van der Waals surface area (Å²) in [6, 6.07) is 3.03. The molecule has 2 aromatic heterocycles. The third-order valence-electron chi connectivity index (χ3n) is 2.47. The van der Waals surface area contributed by atoms with Crippen molar-refractivity contribution >= 4 is 0 Å². The third kappa shape index (κ3) is 3.13. The second-order valence-electron chi connectivity index (χ2n) is 5.19. The van der Waals surface area contributed by atoms with Crippen molar-refractivity contribution in [3.05, 3.63) is 42.4 Å². The summed E-state index contributed by atoms with van der Waals surface area (Å²) in [5, 5.41) is 3.38. The van der Waals surface area contributed by atoms with Crippen molar-refractivity contribution < 1.29 is 4.39 Å². The second-order valence-corrected chi connectivity index (χ2v) is 5.19. The Balaban J connectivity index is 2.20. The minimum Gasteiger partial charge on any atom is -0.306 e. The molecular weight excluding hydrogens is 231 g/mol. The Morgan fingerprint density at radius 2 is 2.06 bits per heavy atom. The molecule has 0 radical (unpaired) electrons. The van der Waals surface area contributed by atoms with Gasteiger partial charge in [-0.15, -0.1) is 0 Å². The van der Waals surface area contributed by atoms with Crippen molar-refractivity contribution in [2.75, 3.05) is 0 Å². The van der Waals surface area contributed by atoms with Crippen molar-refractivity contribution in [2.24, 2.45) is 0 Å². The summed E-state index contributed by atoms with van der Waals surface area (Å²) in [5.41, 5.74) is 1.02. The smallest absolute Gasteiger partial charge is 0.141 e. The number of aromatic nitrogens is 3. The van der Waals surface area contributed by atoms with Crippen LogP contribution >= 0.6 is 0 Å². The Morgan fingerprint density at radius 1 is 1.28 bits per heavy atom. The Morgan fingerprint density at radius 3 is 2.67 bits per heavy atom. The molecule has 0 saturated carbocycles. The Hall–Kier alpha value is -1.75. The zero-order chi connectivity index (χ0) is 13.2. The highest BCUT2D eigenvalue weighted by atomic mass is 19.1. The minimum atomic E-state index is -0.340. The zero-order valence-corrected chi connectivity index (χ0v) is 10.8. The molecule has 0 aliphatic carbocycles. The highest BCUT2D eigenvalue weighted by molar-refractivity contribution is 5.25. The van der Waals surface area contributed by atoms with E-state index < -0.39 is 0 Å². The van der Waals surface area contributed by atoms with E-state index in [2.05, 4.69) is 36.1 Å². The Bertz CT molecular complexity index is 511. The zero-order valence-electron chi connectivity index (χ0n) is 10.8. The first-order chi connectivity index (χ1) is 8.46. The van der Waals surface area contributed by atoms with Crippen molar-refractivity contribution in [3.63, 3.8) is 0 Å². The fourth-order valence-corrected chi connectivity index (χ4v) is 1.53. The molecular formula is C13H17FN4. The van der Waals surface area contributed by atoms with Gasteiger partial charge in [0.1, 0.15) is 18.0 Å². The molecule has 0 spiro atoms. The number of nitrogens with one attached hydrogen (secondary N) is 1. The summed E-state index contributed by atoms with van der Waals surface area (Å²) in [6.45, 7) is 6.99. The summed E-state index contributed by atoms with van der Waals surface area (Å²) in [6.07, 6.45) is 4.67. The number of halogens is 1. The van der Waals surface area contributed by atoms with E-state index in [0.717, 1.165) is 5.69 Å². The fourth-order valence-electron chi connectivity index (χ4n) is 1.53. The molecule has 96 valence electrons. The lowest BCUT2D eigenvalue weighted by atomic mass is 10.1. The number of hydrogen-bond donors (Lipinski definition) is 1. The summed E-state index contributed by atoms with van der Waals surface area (Å²) >= 11 is 0. The van der Waals surface area contributed by atoms with E-state index in [1.807, 2.05) is 4.57 Å². The van der Waals surface area contributed by atoms with Gasteiger partial charge < -0.3 is 5.32 Å². The monoisotopic (exact) mass is 248 g/mol. The van der Waals surface area contributed by atoms with Gasteiger partial charge in [0.25, 0.3) is 0 Å². The van der Waals surface area contributed by atoms with Crippen LogP contribution in [-0.2, 0) is 6.54 Å². The maximum absolute atomic E-state index is 12.8. The van der Waals surface area contributed by atoms with Crippen molar-refractivity contribution in [1.29, 1.82) is 0 Å². The SMILES string of the molecule is CC(C)(C)NCc1cncn1-c1ccc(F)cn1. The predicted octanol–water partition coefficient (Wildman–Crippen LogP) is 2.29. The number of imidazole rings is 1. The van der Waals surface area contributed by atoms with Crippen molar-refractivity contribution in [3.8, 4) is 5.82 Å². The van der Waals surface area contributed by atoms with Gasteiger partial charge in [-0.3, -0.25) is 4.57 Å². The molecule has 1 N–H and O–H groups in total.